The molecule has 3 nitrogen and oxygen atoms in total. The molecule has 0 saturated carbocycles. The highest BCUT2D eigenvalue weighted by Gasteiger charge is 2.18. The fourth-order valence-corrected chi connectivity index (χ4v) is 2.89. The Bertz CT molecular complexity index is 397. The van der Waals surface area contributed by atoms with E-state index < -0.39 is 0 Å². The maximum atomic E-state index is 5.38. The molecule has 1 N–H and O–H groups in total. The van der Waals surface area contributed by atoms with Crippen LogP contribution in [-0.2, 0) is 17.7 Å². The molecule has 5 heteroatoms. The number of rotatable bonds is 3. The summed E-state index contributed by atoms with van der Waals surface area (Å²) >= 11 is 0. The molecule has 3 rings (SSSR count). The Balaban J connectivity index is 0.000001000. The van der Waals surface area contributed by atoms with Crippen molar-refractivity contribution in [2.75, 3.05) is 32.8 Å². The van der Waals surface area contributed by atoms with Gasteiger partial charge in [-0.05, 0) is 30.5 Å². The van der Waals surface area contributed by atoms with Crippen molar-refractivity contribution in [1.82, 2.24) is 10.2 Å². The maximum absolute atomic E-state index is 5.38. The van der Waals surface area contributed by atoms with E-state index in [4.69, 9.17) is 4.74 Å². The summed E-state index contributed by atoms with van der Waals surface area (Å²) in [6, 6.07) is 9.44. The van der Waals surface area contributed by atoms with Crippen molar-refractivity contribution in [3.63, 3.8) is 0 Å². The zero-order valence-corrected chi connectivity index (χ0v) is 13.3. The smallest absolute Gasteiger partial charge is 0.0594 e. The van der Waals surface area contributed by atoms with E-state index in [0.717, 1.165) is 32.8 Å². The van der Waals surface area contributed by atoms with Crippen LogP contribution in [0.4, 0.5) is 0 Å². The van der Waals surface area contributed by atoms with Gasteiger partial charge in [-0.15, -0.1) is 24.8 Å². The summed E-state index contributed by atoms with van der Waals surface area (Å²) in [6.45, 7) is 6.24. The van der Waals surface area contributed by atoms with Gasteiger partial charge in [0.1, 0.15) is 0 Å². The average Bonchev–Trinajstić information content (AvgIpc) is 2.46. The molecule has 0 amide bonds. The van der Waals surface area contributed by atoms with Crippen molar-refractivity contribution in [2.45, 2.75) is 25.4 Å². The summed E-state index contributed by atoms with van der Waals surface area (Å²) in [5, 5.41) is 3.66. The Morgan fingerprint density at radius 2 is 1.80 bits per heavy atom. The molecule has 0 bridgehead atoms. The molecule has 0 spiro atoms. The van der Waals surface area contributed by atoms with Gasteiger partial charge >= 0.3 is 0 Å². The third kappa shape index (κ3) is 4.61. The van der Waals surface area contributed by atoms with Crippen LogP contribution in [0.2, 0.25) is 0 Å². The predicted molar refractivity (Wildman–Crippen MR) is 87.1 cm³/mol. The predicted octanol–water partition coefficient (Wildman–Crippen LogP) is 2.27. The lowest BCUT2D eigenvalue weighted by Crippen LogP contribution is -2.42. The van der Waals surface area contributed by atoms with Crippen LogP contribution in [0.5, 0.6) is 0 Å². The van der Waals surface area contributed by atoms with Crippen LogP contribution in [0.15, 0.2) is 24.3 Å². The molecular weight excluding hydrogens is 295 g/mol. The SMILES string of the molecule is Cl.Cl.c1ccc2c(c1)CN[C@H](CCN1CCOCC1)C2. The molecule has 20 heavy (non-hydrogen) atoms. The van der Waals surface area contributed by atoms with Crippen LogP contribution in [0, 0.1) is 0 Å². The van der Waals surface area contributed by atoms with Crippen LogP contribution < -0.4 is 5.32 Å². The number of nitrogens with zero attached hydrogens (tertiary/aromatic N) is 1. The first-order valence-electron chi connectivity index (χ1n) is 7.02. The number of benzene rings is 1. The van der Waals surface area contributed by atoms with E-state index in [1.807, 2.05) is 0 Å². The third-order valence-electron chi connectivity index (χ3n) is 4.06. The molecular formula is C15H24Cl2N2O. The summed E-state index contributed by atoms with van der Waals surface area (Å²) in [6.07, 6.45) is 2.43. The zero-order chi connectivity index (χ0) is 12.2. The number of nitrogens with one attached hydrogen (secondary N) is 1. The van der Waals surface area contributed by atoms with E-state index in [0.29, 0.717) is 6.04 Å². The standard InChI is InChI=1S/C15H22N2O.2ClH/c1-2-4-14-12-16-15(11-13(14)3-1)5-6-17-7-9-18-10-8-17;;/h1-4,15-16H,5-12H2;2*1H/t15-;;/m1../s1. The lowest BCUT2D eigenvalue weighted by Gasteiger charge is -2.31. The Hall–Kier alpha value is -0.320. The van der Waals surface area contributed by atoms with Crippen molar-refractivity contribution >= 4 is 24.8 Å². The highest BCUT2D eigenvalue weighted by atomic mass is 35.5. The first kappa shape index (κ1) is 17.7. The lowest BCUT2D eigenvalue weighted by atomic mass is 9.94. The molecule has 114 valence electrons. The van der Waals surface area contributed by atoms with E-state index >= 15 is 0 Å². The zero-order valence-electron chi connectivity index (χ0n) is 11.7. The Labute approximate surface area is 133 Å². The summed E-state index contributed by atoms with van der Waals surface area (Å²) in [7, 11) is 0. The number of ether oxygens (including phenoxy) is 1. The van der Waals surface area contributed by atoms with Gasteiger partial charge in [0.05, 0.1) is 13.2 Å². The molecule has 1 saturated heterocycles. The quantitative estimate of drug-likeness (QED) is 0.925. The maximum Gasteiger partial charge on any atom is 0.0594 e. The first-order valence-corrected chi connectivity index (χ1v) is 7.02. The van der Waals surface area contributed by atoms with Crippen molar-refractivity contribution in [1.29, 1.82) is 0 Å². The number of hydrogen-bond donors (Lipinski definition) is 1. The van der Waals surface area contributed by atoms with Gasteiger partial charge in [-0.25, -0.2) is 0 Å². The van der Waals surface area contributed by atoms with E-state index in [2.05, 4.69) is 34.5 Å². The van der Waals surface area contributed by atoms with Crippen LogP contribution in [0.1, 0.15) is 17.5 Å². The molecule has 0 unspecified atom stereocenters. The third-order valence-corrected chi connectivity index (χ3v) is 4.06. The summed E-state index contributed by atoms with van der Waals surface area (Å²) in [5.41, 5.74) is 3.00. The minimum atomic E-state index is 0. The van der Waals surface area contributed by atoms with Gasteiger partial charge < -0.3 is 10.1 Å². The van der Waals surface area contributed by atoms with Crippen molar-refractivity contribution in [3.05, 3.63) is 35.4 Å². The number of halogens is 2. The second kappa shape index (κ2) is 8.85. The summed E-state index contributed by atoms with van der Waals surface area (Å²) < 4.78 is 5.38. The van der Waals surface area contributed by atoms with Gasteiger partial charge in [-0.1, -0.05) is 24.3 Å². The molecule has 0 aliphatic carbocycles. The second-order valence-electron chi connectivity index (χ2n) is 5.29. The molecule has 1 atom stereocenters. The van der Waals surface area contributed by atoms with E-state index in [-0.39, 0.29) is 24.8 Å². The Kier molecular flexibility index (Phi) is 7.85. The fraction of sp³-hybridized carbons (Fsp3) is 0.600. The van der Waals surface area contributed by atoms with E-state index in [9.17, 15) is 0 Å². The molecule has 0 radical (unpaired) electrons. The largest absolute Gasteiger partial charge is 0.379 e. The molecule has 1 aromatic rings. The molecule has 2 heterocycles. The van der Waals surface area contributed by atoms with Crippen LogP contribution >= 0.6 is 24.8 Å². The van der Waals surface area contributed by atoms with E-state index in [1.54, 1.807) is 0 Å². The van der Waals surface area contributed by atoms with Gasteiger partial charge in [-0.2, -0.15) is 0 Å². The van der Waals surface area contributed by atoms with Crippen LogP contribution in [-0.4, -0.2) is 43.8 Å². The van der Waals surface area contributed by atoms with Crippen LogP contribution in [0.3, 0.4) is 0 Å². The highest BCUT2D eigenvalue weighted by Crippen LogP contribution is 2.18. The van der Waals surface area contributed by atoms with Gasteiger partial charge in [0, 0.05) is 25.7 Å². The second-order valence-corrected chi connectivity index (χ2v) is 5.29. The van der Waals surface area contributed by atoms with Crippen molar-refractivity contribution in [3.8, 4) is 0 Å². The first-order chi connectivity index (χ1) is 8.92. The normalized spacial score (nSPS) is 22.3. The lowest BCUT2D eigenvalue weighted by molar-refractivity contribution is 0.0360. The highest BCUT2D eigenvalue weighted by molar-refractivity contribution is 5.85. The minimum absolute atomic E-state index is 0. The Morgan fingerprint density at radius 3 is 2.55 bits per heavy atom. The summed E-state index contributed by atoms with van der Waals surface area (Å²) in [5.74, 6) is 0. The van der Waals surface area contributed by atoms with Crippen molar-refractivity contribution < 1.29 is 4.74 Å². The van der Waals surface area contributed by atoms with Gasteiger partial charge in [0.15, 0.2) is 0 Å². The van der Waals surface area contributed by atoms with E-state index in [1.165, 1.54) is 30.5 Å². The van der Waals surface area contributed by atoms with Gasteiger partial charge in [0.2, 0.25) is 0 Å². The Morgan fingerprint density at radius 1 is 1.10 bits per heavy atom. The molecule has 0 aromatic heterocycles. The van der Waals surface area contributed by atoms with Gasteiger partial charge in [0.25, 0.3) is 0 Å². The topological polar surface area (TPSA) is 24.5 Å². The number of fused-ring (bicyclic) bond motifs is 1. The molecule has 1 fully saturated rings. The molecule has 2 aliphatic heterocycles. The van der Waals surface area contributed by atoms with Crippen LogP contribution in [0.25, 0.3) is 0 Å². The average molecular weight is 319 g/mol. The summed E-state index contributed by atoms with van der Waals surface area (Å²) in [4.78, 5) is 2.52. The minimum Gasteiger partial charge on any atom is -0.379 e. The molecule has 1 aromatic carbocycles. The number of hydrogen-bond acceptors (Lipinski definition) is 3. The monoisotopic (exact) mass is 318 g/mol. The van der Waals surface area contributed by atoms with Gasteiger partial charge in [-0.3, -0.25) is 4.90 Å². The number of morpholine rings is 1. The van der Waals surface area contributed by atoms with Crippen molar-refractivity contribution in [2.24, 2.45) is 0 Å². The fourth-order valence-electron chi connectivity index (χ4n) is 2.89. The molecule has 2 aliphatic rings.